The van der Waals surface area contributed by atoms with E-state index < -0.39 is 17.7 Å². The van der Waals surface area contributed by atoms with Crippen LogP contribution in [0.2, 0.25) is 0 Å². The molecule has 16 heteroatoms. The number of nitrogen functional groups attached to an aromatic ring is 1. The minimum Gasteiger partial charge on any atom is -0.397 e. The van der Waals surface area contributed by atoms with Crippen molar-refractivity contribution in [2.24, 2.45) is 35.2 Å². The number of nitrogens with one attached hydrogen (secondary N) is 5. The van der Waals surface area contributed by atoms with Gasteiger partial charge < -0.3 is 55.2 Å². The van der Waals surface area contributed by atoms with Gasteiger partial charge in [-0.05, 0) is 36.8 Å². The van der Waals surface area contributed by atoms with Gasteiger partial charge in [-0.25, -0.2) is 0 Å². The van der Waals surface area contributed by atoms with E-state index >= 15 is 0 Å². The third-order valence-electron chi connectivity index (χ3n) is 7.70. The number of nitrogens with zero attached hydrogens (tertiary/aromatic N) is 5. The Morgan fingerprint density at radius 1 is 0.510 bits per heavy atom. The van der Waals surface area contributed by atoms with Crippen LogP contribution in [0.4, 0.5) is 28.4 Å². The largest absolute Gasteiger partial charge is 0.397 e. The molecular weight excluding hydrogens is 630 g/mol. The standard InChI is InChI=1S/C33H38N11O5/c1-7-8-35-29(45)25-10-20(15-41(25)3)37-31(47)27-12-22(17-43(27)5)39-33(49)28-13-23(18-44(28)6)38-32(48)26-11-21(16-42(26)4)36-30(46)24-9-19(34)14-40(24)2/h9-18H,1,7-8,34H2,2-6H3,(H,35,45)(H,36,46)(H,37,47)(H,38,48)(H,39,49). The van der Waals surface area contributed by atoms with E-state index in [0.717, 1.165) is 0 Å². The molecule has 0 bridgehead atoms. The second-order valence-electron chi connectivity index (χ2n) is 11.6. The molecule has 0 unspecified atom stereocenters. The number of nitrogens with two attached hydrogens (primary N) is 1. The van der Waals surface area contributed by atoms with Crippen molar-refractivity contribution in [3.63, 3.8) is 0 Å². The van der Waals surface area contributed by atoms with Gasteiger partial charge in [0.2, 0.25) is 0 Å². The van der Waals surface area contributed by atoms with Gasteiger partial charge >= 0.3 is 0 Å². The van der Waals surface area contributed by atoms with Gasteiger partial charge in [-0.2, -0.15) is 0 Å². The third-order valence-corrected chi connectivity index (χ3v) is 7.70. The number of carbonyl (C=O) groups is 5. The van der Waals surface area contributed by atoms with Crippen LogP contribution in [0.5, 0.6) is 0 Å². The predicted molar refractivity (Wildman–Crippen MR) is 186 cm³/mol. The highest BCUT2D eigenvalue weighted by Crippen LogP contribution is 2.21. The first-order chi connectivity index (χ1) is 23.2. The average Bonchev–Trinajstić information content (AvgIpc) is 3.84. The minimum absolute atomic E-state index is 0.251. The number of rotatable bonds is 11. The van der Waals surface area contributed by atoms with Crippen LogP contribution in [-0.2, 0) is 35.2 Å². The summed E-state index contributed by atoms with van der Waals surface area (Å²) >= 11 is 0. The van der Waals surface area contributed by atoms with Gasteiger partial charge in [0.25, 0.3) is 29.5 Å². The molecule has 5 heterocycles. The molecule has 255 valence electrons. The van der Waals surface area contributed by atoms with Crippen LogP contribution in [-0.4, -0.2) is 58.9 Å². The highest BCUT2D eigenvalue weighted by Gasteiger charge is 2.20. The highest BCUT2D eigenvalue weighted by molar-refractivity contribution is 6.09. The normalized spacial score (nSPS) is 10.9. The Labute approximate surface area is 281 Å². The Morgan fingerprint density at radius 3 is 1.08 bits per heavy atom. The van der Waals surface area contributed by atoms with Gasteiger partial charge in [0.1, 0.15) is 28.5 Å². The molecule has 7 N–H and O–H groups in total. The van der Waals surface area contributed by atoms with Gasteiger partial charge in [-0.3, -0.25) is 24.0 Å². The Morgan fingerprint density at radius 2 is 0.796 bits per heavy atom. The van der Waals surface area contributed by atoms with Crippen molar-refractivity contribution in [3.05, 3.63) is 96.7 Å². The fraction of sp³-hybridized carbons (Fsp3) is 0.212. The summed E-state index contributed by atoms with van der Waals surface area (Å²) in [6.07, 6.45) is 8.61. The minimum atomic E-state index is -0.466. The van der Waals surface area contributed by atoms with Crippen molar-refractivity contribution in [1.29, 1.82) is 0 Å². The summed E-state index contributed by atoms with van der Waals surface area (Å²) in [4.78, 5) is 64.4. The SMILES string of the molecule is [CH2]CCNC(=O)c1cc(NC(=O)c2cc(NC(=O)c3cc(NC(=O)c4cc(NC(=O)c5cc(N)cn5C)cn4C)cn3C)cn2C)cn1C. The van der Waals surface area contributed by atoms with E-state index in [0.29, 0.717) is 52.8 Å². The quantitative estimate of drug-likeness (QED) is 0.125. The van der Waals surface area contributed by atoms with E-state index in [4.69, 9.17) is 5.73 Å². The van der Waals surface area contributed by atoms with E-state index in [1.54, 1.807) is 101 Å². The Kier molecular flexibility index (Phi) is 9.50. The van der Waals surface area contributed by atoms with Gasteiger partial charge in [0.15, 0.2) is 0 Å². The summed E-state index contributed by atoms with van der Waals surface area (Å²) in [6.45, 7) is 4.14. The summed E-state index contributed by atoms with van der Waals surface area (Å²) in [5.74, 6) is -2.00. The molecule has 0 aromatic carbocycles. The van der Waals surface area contributed by atoms with Crippen LogP contribution < -0.4 is 32.3 Å². The molecule has 1 radical (unpaired) electrons. The number of amides is 5. The molecule has 5 rings (SSSR count). The van der Waals surface area contributed by atoms with Crippen LogP contribution in [0.25, 0.3) is 0 Å². The average molecular weight is 669 g/mol. The maximum absolute atomic E-state index is 13.2. The summed E-state index contributed by atoms with van der Waals surface area (Å²) in [7, 11) is 8.41. The van der Waals surface area contributed by atoms with Crippen LogP contribution >= 0.6 is 0 Å². The second-order valence-corrected chi connectivity index (χ2v) is 11.6. The van der Waals surface area contributed by atoms with Crippen LogP contribution in [0, 0.1) is 6.92 Å². The fourth-order valence-electron chi connectivity index (χ4n) is 5.32. The maximum atomic E-state index is 13.2. The van der Waals surface area contributed by atoms with E-state index in [1.165, 1.54) is 18.2 Å². The smallest absolute Gasteiger partial charge is 0.272 e. The molecule has 5 aromatic heterocycles. The van der Waals surface area contributed by atoms with Crippen LogP contribution in [0.1, 0.15) is 58.9 Å². The lowest BCUT2D eigenvalue weighted by Crippen LogP contribution is -2.25. The maximum Gasteiger partial charge on any atom is 0.272 e. The van der Waals surface area contributed by atoms with Gasteiger partial charge in [0, 0.05) is 72.8 Å². The number of anilines is 5. The van der Waals surface area contributed by atoms with Gasteiger partial charge in [0.05, 0.1) is 28.4 Å². The molecule has 0 fully saturated rings. The summed E-state index contributed by atoms with van der Waals surface area (Å²) in [5.41, 5.74) is 9.38. The van der Waals surface area contributed by atoms with E-state index in [9.17, 15) is 24.0 Å². The second kappa shape index (κ2) is 13.7. The molecule has 0 spiro atoms. The topological polar surface area (TPSA) is 196 Å². The lowest BCUT2D eigenvalue weighted by Gasteiger charge is -2.03. The number of aryl methyl sites for hydroxylation is 5. The van der Waals surface area contributed by atoms with Crippen LogP contribution in [0.3, 0.4) is 0 Å². The molecule has 5 aromatic rings. The molecule has 5 amide bonds. The number of aromatic nitrogens is 5. The van der Waals surface area contributed by atoms with Crippen molar-refractivity contribution in [3.8, 4) is 0 Å². The van der Waals surface area contributed by atoms with E-state index in [1.807, 2.05) is 0 Å². The summed E-state index contributed by atoms with van der Waals surface area (Å²) in [6, 6.07) is 7.72. The zero-order valence-electron chi connectivity index (χ0n) is 27.7. The van der Waals surface area contributed by atoms with E-state index in [-0.39, 0.29) is 28.9 Å². The lowest BCUT2D eigenvalue weighted by atomic mass is 10.3. The monoisotopic (exact) mass is 668 g/mol. The van der Waals surface area contributed by atoms with Gasteiger partial charge in [-0.1, -0.05) is 6.92 Å². The molecule has 16 nitrogen and oxygen atoms in total. The first-order valence-corrected chi connectivity index (χ1v) is 15.1. The molecule has 49 heavy (non-hydrogen) atoms. The molecule has 0 saturated heterocycles. The Bertz CT molecular complexity index is 2090. The fourth-order valence-corrected chi connectivity index (χ4v) is 5.32. The lowest BCUT2D eigenvalue weighted by molar-refractivity contribution is 0.0943. The van der Waals surface area contributed by atoms with Crippen molar-refractivity contribution < 1.29 is 24.0 Å². The highest BCUT2D eigenvalue weighted by atomic mass is 16.2. The number of carbonyl (C=O) groups excluding carboxylic acids is 5. The van der Waals surface area contributed by atoms with Gasteiger partial charge in [-0.15, -0.1) is 0 Å². The molecule has 0 aliphatic heterocycles. The number of hydrogen-bond acceptors (Lipinski definition) is 6. The first kappa shape index (κ1) is 33.9. The Hall–Kier alpha value is -6.45. The molecule has 0 saturated carbocycles. The Balaban J connectivity index is 1.21. The zero-order chi connectivity index (χ0) is 35.6. The first-order valence-electron chi connectivity index (χ1n) is 15.1. The predicted octanol–water partition coefficient (Wildman–Crippen LogP) is 2.92. The molecule has 0 atom stereocenters. The van der Waals surface area contributed by atoms with Crippen molar-refractivity contribution in [2.75, 3.05) is 33.5 Å². The zero-order valence-corrected chi connectivity index (χ0v) is 27.7. The van der Waals surface area contributed by atoms with Crippen molar-refractivity contribution in [1.82, 2.24) is 28.2 Å². The van der Waals surface area contributed by atoms with Crippen molar-refractivity contribution in [2.45, 2.75) is 6.42 Å². The molecular formula is C33H38N11O5. The third kappa shape index (κ3) is 7.43. The number of hydrogen-bond donors (Lipinski definition) is 6. The molecule has 0 aliphatic carbocycles. The van der Waals surface area contributed by atoms with E-state index in [2.05, 4.69) is 33.5 Å². The summed E-state index contributed by atoms with van der Waals surface area (Å²) < 4.78 is 7.92. The summed E-state index contributed by atoms with van der Waals surface area (Å²) in [5, 5.41) is 13.9. The van der Waals surface area contributed by atoms with Crippen LogP contribution in [0.15, 0.2) is 61.3 Å². The molecule has 0 aliphatic rings. The van der Waals surface area contributed by atoms with Crippen molar-refractivity contribution >= 4 is 58.0 Å².